The number of aromatic nitrogens is 2. The Kier molecular flexibility index (Phi) is 4.04. The van der Waals surface area contributed by atoms with Crippen LogP contribution in [0, 0.1) is 0 Å². The van der Waals surface area contributed by atoms with Crippen molar-refractivity contribution in [1.82, 2.24) is 9.97 Å². The Hall–Kier alpha value is -1.45. The van der Waals surface area contributed by atoms with Crippen molar-refractivity contribution in [3.8, 4) is 0 Å². The Bertz CT molecular complexity index is 284. The Morgan fingerprint density at radius 2 is 2.00 bits per heavy atom. The molecule has 0 aliphatic rings. The summed E-state index contributed by atoms with van der Waals surface area (Å²) < 4.78 is 0. The molecule has 0 aliphatic carbocycles. The maximum absolute atomic E-state index is 10.4. The molecular weight excluding hydrogens is 178 g/mol. The van der Waals surface area contributed by atoms with Crippen LogP contribution in [0.25, 0.3) is 0 Å². The Morgan fingerprint density at radius 1 is 1.36 bits per heavy atom. The second kappa shape index (κ2) is 5.32. The Balaban J connectivity index is 2.77. The van der Waals surface area contributed by atoms with E-state index in [9.17, 15) is 4.79 Å². The molecule has 0 N–H and O–H groups in total. The first kappa shape index (κ1) is 10.6. The van der Waals surface area contributed by atoms with Crippen LogP contribution in [0.4, 0.5) is 5.95 Å². The first-order chi connectivity index (χ1) is 6.81. The van der Waals surface area contributed by atoms with Crippen molar-refractivity contribution in [3.63, 3.8) is 0 Å². The van der Waals surface area contributed by atoms with Gasteiger partial charge in [-0.15, -0.1) is 0 Å². The van der Waals surface area contributed by atoms with Crippen LogP contribution in [0.1, 0.15) is 30.6 Å². The molecule has 0 aromatic carbocycles. The van der Waals surface area contributed by atoms with E-state index in [2.05, 4.69) is 28.7 Å². The van der Waals surface area contributed by atoms with Crippen molar-refractivity contribution in [3.05, 3.63) is 18.0 Å². The molecule has 0 unspecified atom stereocenters. The molecule has 4 heteroatoms. The highest BCUT2D eigenvalue weighted by Gasteiger charge is 2.05. The predicted molar refractivity (Wildman–Crippen MR) is 55.6 cm³/mol. The number of carbonyl (C=O) groups is 1. The van der Waals surface area contributed by atoms with Gasteiger partial charge in [-0.05, 0) is 13.3 Å². The van der Waals surface area contributed by atoms with Gasteiger partial charge in [-0.25, -0.2) is 9.97 Å². The quantitative estimate of drug-likeness (QED) is 0.665. The Labute approximate surface area is 84.0 Å². The highest BCUT2D eigenvalue weighted by atomic mass is 16.1. The van der Waals surface area contributed by atoms with Crippen molar-refractivity contribution in [1.29, 1.82) is 0 Å². The summed E-state index contributed by atoms with van der Waals surface area (Å²) in [4.78, 5) is 20.7. The fraction of sp³-hybridized carbons (Fsp3) is 0.500. The summed E-state index contributed by atoms with van der Waals surface area (Å²) in [5, 5.41) is 0. The van der Waals surface area contributed by atoms with E-state index in [1.54, 1.807) is 12.4 Å². The van der Waals surface area contributed by atoms with Gasteiger partial charge in [0.15, 0.2) is 6.29 Å². The largest absolute Gasteiger partial charge is 0.341 e. The molecule has 0 amide bonds. The van der Waals surface area contributed by atoms with E-state index >= 15 is 0 Å². The van der Waals surface area contributed by atoms with Crippen LogP contribution in [-0.2, 0) is 0 Å². The fourth-order valence-corrected chi connectivity index (χ4v) is 1.22. The molecule has 0 atom stereocenters. The number of hydrogen-bond acceptors (Lipinski definition) is 4. The normalized spacial score (nSPS) is 9.86. The van der Waals surface area contributed by atoms with Crippen molar-refractivity contribution < 1.29 is 4.79 Å². The second-order valence-electron chi connectivity index (χ2n) is 3.01. The van der Waals surface area contributed by atoms with Gasteiger partial charge in [0.25, 0.3) is 0 Å². The summed E-state index contributed by atoms with van der Waals surface area (Å²) in [6, 6.07) is 0. The van der Waals surface area contributed by atoms with Crippen molar-refractivity contribution in [2.75, 3.05) is 18.0 Å². The molecule has 14 heavy (non-hydrogen) atoms. The zero-order valence-electron chi connectivity index (χ0n) is 8.60. The molecule has 0 radical (unpaired) electrons. The zero-order chi connectivity index (χ0) is 10.4. The molecule has 0 fully saturated rings. The van der Waals surface area contributed by atoms with Crippen molar-refractivity contribution in [2.45, 2.75) is 20.3 Å². The van der Waals surface area contributed by atoms with Crippen molar-refractivity contribution in [2.24, 2.45) is 0 Å². The van der Waals surface area contributed by atoms with Crippen LogP contribution >= 0.6 is 0 Å². The smallest absolute Gasteiger partial charge is 0.225 e. The van der Waals surface area contributed by atoms with Gasteiger partial charge in [-0.2, -0.15) is 0 Å². The third kappa shape index (κ3) is 2.52. The van der Waals surface area contributed by atoms with Crippen LogP contribution in [0.5, 0.6) is 0 Å². The third-order valence-corrected chi connectivity index (χ3v) is 1.95. The second-order valence-corrected chi connectivity index (χ2v) is 3.01. The SMILES string of the molecule is CCCN(CC)c1ncc(C=O)cn1. The lowest BCUT2D eigenvalue weighted by Gasteiger charge is -2.19. The van der Waals surface area contributed by atoms with E-state index in [-0.39, 0.29) is 0 Å². The molecule has 0 aliphatic heterocycles. The predicted octanol–water partition coefficient (Wildman–Crippen LogP) is 1.53. The molecule has 4 nitrogen and oxygen atoms in total. The van der Waals surface area contributed by atoms with Crippen LogP contribution in [0.3, 0.4) is 0 Å². The van der Waals surface area contributed by atoms with Gasteiger partial charge in [-0.3, -0.25) is 4.79 Å². The monoisotopic (exact) mass is 193 g/mol. The van der Waals surface area contributed by atoms with Crippen LogP contribution in [0.15, 0.2) is 12.4 Å². The van der Waals surface area contributed by atoms with E-state index in [4.69, 9.17) is 0 Å². The summed E-state index contributed by atoms with van der Waals surface area (Å²) in [6.45, 7) is 6.00. The van der Waals surface area contributed by atoms with Gasteiger partial charge in [0.05, 0.1) is 5.56 Å². The topological polar surface area (TPSA) is 46.1 Å². The standard InChI is InChI=1S/C10H15N3O/c1-3-5-13(4-2)10-11-6-9(8-14)7-12-10/h6-8H,3-5H2,1-2H3. The molecule has 1 rings (SSSR count). The van der Waals surface area contributed by atoms with Crippen molar-refractivity contribution >= 4 is 12.2 Å². The van der Waals surface area contributed by atoms with Gasteiger partial charge in [0, 0.05) is 25.5 Å². The summed E-state index contributed by atoms with van der Waals surface area (Å²) in [5.41, 5.74) is 0.515. The van der Waals surface area contributed by atoms with Crippen LogP contribution in [0.2, 0.25) is 0 Å². The maximum atomic E-state index is 10.4. The average molecular weight is 193 g/mol. The average Bonchev–Trinajstić information content (AvgIpc) is 2.26. The maximum Gasteiger partial charge on any atom is 0.225 e. The van der Waals surface area contributed by atoms with Gasteiger partial charge in [0.2, 0.25) is 5.95 Å². The highest BCUT2D eigenvalue weighted by molar-refractivity contribution is 5.73. The van der Waals surface area contributed by atoms with Gasteiger partial charge < -0.3 is 4.90 Å². The number of carbonyl (C=O) groups excluding carboxylic acids is 1. The summed E-state index contributed by atoms with van der Waals surface area (Å²) >= 11 is 0. The minimum absolute atomic E-state index is 0.515. The molecule has 1 aromatic heterocycles. The highest BCUT2D eigenvalue weighted by Crippen LogP contribution is 2.06. The molecule has 0 bridgehead atoms. The lowest BCUT2D eigenvalue weighted by Crippen LogP contribution is -2.25. The number of hydrogen-bond donors (Lipinski definition) is 0. The van der Waals surface area contributed by atoms with Crippen LogP contribution in [-0.4, -0.2) is 29.3 Å². The molecule has 0 saturated heterocycles. The number of anilines is 1. The van der Waals surface area contributed by atoms with E-state index in [1.807, 2.05) is 0 Å². The molecular formula is C10H15N3O. The summed E-state index contributed by atoms with van der Waals surface area (Å²) in [6.07, 6.45) is 4.91. The molecule has 1 aromatic rings. The summed E-state index contributed by atoms with van der Waals surface area (Å²) in [7, 11) is 0. The zero-order valence-corrected chi connectivity index (χ0v) is 8.60. The lowest BCUT2D eigenvalue weighted by atomic mass is 10.4. The van der Waals surface area contributed by atoms with E-state index < -0.39 is 0 Å². The first-order valence-corrected chi connectivity index (χ1v) is 4.84. The van der Waals surface area contributed by atoms with E-state index in [0.717, 1.165) is 25.8 Å². The lowest BCUT2D eigenvalue weighted by molar-refractivity contribution is 0.112. The van der Waals surface area contributed by atoms with Gasteiger partial charge in [-0.1, -0.05) is 6.92 Å². The summed E-state index contributed by atoms with van der Waals surface area (Å²) in [5.74, 6) is 0.694. The molecule has 0 saturated carbocycles. The van der Waals surface area contributed by atoms with Crippen LogP contribution < -0.4 is 4.90 Å². The number of nitrogens with zero attached hydrogens (tertiary/aromatic N) is 3. The molecule has 1 heterocycles. The minimum atomic E-state index is 0.515. The molecule has 0 spiro atoms. The van der Waals surface area contributed by atoms with Gasteiger partial charge in [0.1, 0.15) is 0 Å². The Morgan fingerprint density at radius 3 is 2.43 bits per heavy atom. The minimum Gasteiger partial charge on any atom is -0.341 e. The molecule has 76 valence electrons. The van der Waals surface area contributed by atoms with Gasteiger partial charge >= 0.3 is 0 Å². The first-order valence-electron chi connectivity index (χ1n) is 4.84. The number of rotatable bonds is 5. The fourth-order valence-electron chi connectivity index (χ4n) is 1.22. The van der Waals surface area contributed by atoms with E-state index in [0.29, 0.717) is 11.5 Å². The number of aldehydes is 1. The third-order valence-electron chi connectivity index (χ3n) is 1.95. The van der Waals surface area contributed by atoms with E-state index in [1.165, 1.54) is 0 Å².